The van der Waals surface area contributed by atoms with E-state index >= 15 is 0 Å². The third-order valence-corrected chi connectivity index (χ3v) is 2.25. The molecule has 2 N–H and O–H groups in total. The van der Waals surface area contributed by atoms with Gasteiger partial charge in [0.1, 0.15) is 11.6 Å². The zero-order chi connectivity index (χ0) is 12.8. The Kier molecular flexibility index (Phi) is 5.31. The largest absolute Gasteiger partial charge is 0.392 e. The van der Waals surface area contributed by atoms with Gasteiger partial charge in [0.25, 0.3) is 0 Å². The number of aromatic nitrogens is 2. The predicted octanol–water partition coefficient (Wildman–Crippen LogP) is 1.03. The summed E-state index contributed by atoms with van der Waals surface area (Å²) < 4.78 is 0. The molecule has 5 nitrogen and oxygen atoms in total. The van der Waals surface area contributed by atoms with Crippen molar-refractivity contribution >= 4 is 5.82 Å². The molecule has 1 aromatic heterocycles. The fourth-order valence-electron chi connectivity index (χ4n) is 1.73. The van der Waals surface area contributed by atoms with Gasteiger partial charge in [-0.3, -0.25) is 4.90 Å². The van der Waals surface area contributed by atoms with Crippen molar-refractivity contribution in [2.24, 2.45) is 0 Å². The standard InChI is InChI=1S/C12H22N4O/c1-5-13-11-6-9(2)14-12(15-11)8-16(4)7-10(3)17/h6,10,17H,5,7-8H2,1-4H3,(H,13,14,15). The Hall–Kier alpha value is -1.20. The Balaban J connectivity index is 2.69. The zero-order valence-electron chi connectivity index (χ0n) is 11.1. The number of hydrogen-bond acceptors (Lipinski definition) is 5. The molecule has 0 fully saturated rings. The summed E-state index contributed by atoms with van der Waals surface area (Å²) in [6.07, 6.45) is -0.335. The van der Waals surface area contributed by atoms with Gasteiger partial charge in [0.2, 0.25) is 0 Å². The van der Waals surface area contributed by atoms with Crippen molar-refractivity contribution in [2.45, 2.75) is 33.4 Å². The lowest BCUT2D eigenvalue weighted by Gasteiger charge is -2.17. The maximum absolute atomic E-state index is 9.30. The lowest BCUT2D eigenvalue weighted by atomic mass is 10.3. The van der Waals surface area contributed by atoms with Gasteiger partial charge in [0.15, 0.2) is 0 Å². The van der Waals surface area contributed by atoms with Crippen LogP contribution in [0.1, 0.15) is 25.4 Å². The van der Waals surface area contributed by atoms with Crippen LogP contribution in [0.25, 0.3) is 0 Å². The van der Waals surface area contributed by atoms with Crippen molar-refractivity contribution in [1.82, 2.24) is 14.9 Å². The van der Waals surface area contributed by atoms with E-state index in [0.29, 0.717) is 13.1 Å². The minimum Gasteiger partial charge on any atom is -0.392 e. The lowest BCUT2D eigenvalue weighted by Crippen LogP contribution is -2.27. The molecule has 96 valence electrons. The van der Waals surface area contributed by atoms with E-state index in [4.69, 9.17) is 0 Å². The molecular formula is C12H22N4O. The Bertz CT molecular complexity index is 354. The first-order valence-electron chi connectivity index (χ1n) is 5.96. The number of anilines is 1. The lowest BCUT2D eigenvalue weighted by molar-refractivity contribution is 0.137. The van der Waals surface area contributed by atoms with E-state index in [1.54, 1.807) is 6.92 Å². The molecule has 1 rings (SSSR count). The first kappa shape index (κ1) is 13.9. The Morgan fingerprint density at radius 3 is 2.76 bits per heavy atom. The molecule has 0 aromatic carbocycles. The van der Waals surface area contributed by atoms with Crippen LogP contribution in [0.5, 0.6) is 0 Å². The second-order valence-electron chi connectivity index (χ2n) is 4.39. The minimum absolute atomic E-state index is 0.335. The van der Waals surface area contributed by atoms with Crippen molar-refractivity contribution in [1.29, 1.82) is 0 Å². The topological polar surface area (TPSA) is 61.3 Å². The molecule has 0 bridgehead atoms. The Morgan fingerprint density at radius 2 is 2.18 bits per heavy atom. The predicted molar refractivity (Wildman–Crippen MR) is 68.9 cm³/mol. The maximum atomic E-state index is 9.30. The molecule has 1 atom stereocenters. The quantitative estimate of drug-likeness (QED) is 0.775. The normalized spacial score (nSPS) is 12.8. The molecule has 1 unspecified atom stereocenters. The van der Waals surface area contributed by atoms with Crippen LogP contribution < -0.4 is 5.32 Å². The molecule has 0 aliphatic heterocycles. The third-order valence-electron chi connectivity index (χ3n) is 2.25. The molecule has 0 saturated carbocycles. The highest BCUT2D eigenvalue weighted by atomic mass is 16.3. The zero-order valence-corrected chi connectivity index (χ0v) is 11.1. The van der Waals surface area contributed by atoms with Crippen molar-refractivity contribution in [2.75, 3.05) is 25.5 Å². The smallest absolute Gasteiger partial charge is 0.144 e. The summed E-state index contributed by atoms with van der Waals surface area (Å²) in [4.78, 5) is 10.8. The molecule has 17 heavy (non-hydrogen) atoms. The van der Waals surface area contributed by atoms with E-state index in [-0.39, 0.29) is 6.10 Å². The van der Waals surface area contributed by atoms with Crippen molar-refractivity contribution in [3.05, 3.63) is 17.6 Å². The number of rotatable bonds is 6. The minimum atomic E-state index is -0.335. The first-order valence-corrected chi connectivity index (χ1v) is 5.96. The highest BCUT2D eigenvalue weighted by Crippen LogP contribution is 2.07. The van der Waals surface area contributed by atoms with Crippen LogP contribution in [0.2, 0.25) is 0 Å². The molecule has 1 aromatic rings. The summed E-state index contributed by atoms with van der Waals surface area (Å²) in [5.74, 6) is 1.64. The summed E-state index contributed by atoms with van der Waals surface area (Å²) in [6, 6.07) is 1.93. The molecule has 0 aliphatic carbocycles. The van der Waals surface area contributed by atoms with Crippen LogP contribution >= 0.6 is 0 Å². The van der Waals surface area contributed by atoms with Crippen LogP contribution in [0.15, 0.2) is 6.07 Å². The summed E-state index contributed by atoms with van der Waals surface area (Å²) in [6.45, 7) is 7.88. The third kappa shape index (κ3) is 5.10. The van der Waals surface area contributed by atoms with Crippen LogP contribution in [-0.2, 0) is 6.54 Å². The van der Waals surface area contributed by atoms with Gasteiger partial charge in [-0.05, 0) is 27.8 Å². The van der Waals surface area contributed by atoms with Crippen LogP contribution in [0.3, 0.4) is 0 Å². The van der Waals surface area contributed by atoms with Crippen LogP contribution in [0, 0.1) is 6.92 Å². The number of aliphatic hydroxyl groups excluding tert-OH is 1. The van der Waals surface area contributed by atoms with Crippen LogP contribution in [0.4, 0.5) is 5.82 Å². The van der Waals surface area contributed by atoms with Gasteiger partial charge >= 0.3 is 0 Å². The fourth-order valence-corrected chi connectivity index (χ4v) is 1.73. The van der Waals surface area contributed by atoms with Crippen molar-refractivity contribution < 1.29 is 5.11 Å². The van der Waals surface area contributed by atoms with E-state index in [9.17, 15) is 5.11 Å². The summed E-state index contributed by atoms with van der Waals surface area (Å²) in [5.41, 5.74) is 0.955. The van der Waals surface area contributed by atoms with Gasteiger partial charge in [0.05, 0.1) is 12.6 Å². The van der Waals surface area contributed by atoms with Gasteiger partial charge < -0.3 is 10.4 Å². The maximum Gasteiger partial charge on any atom is 0.144 e. The molecule has 1 heterocycles. The van der Waals surface area contributed by atoms with Crippen LogP contribution in [-0.4, -0.2) is 46.2 Å². The molecule has 0 saturated heterocycles. The number of likely N-dealkylation sites (N-methyl/N-ethyl adjacent to an activating group) is 1. The van der Waals surface area contributed by atoms with Gasteiger partial charge in [-0.25, -0.2) is 9.97 Å². The highest BCUT2D eigenvalue weighted by molar-refractivity contribution is 5.35. The Labute approximate surface area is 103 Å². The summed E-state index contributed by atoms with van der Waals surface area (Å²) >= 11 is 0. The summed E-state index contributed by atoms with van der Waals surface area (Å²) in [7, 11) is 1.95. The van der Waals surface area contributed by atoms with E-state index in [1.165, 1.54) is 0 Å². The average Bonchev–Trinajstić information content (AvgIpc) is 2.14. The van der Waals surface area contributed by atoms with Gasteiger partial charge in [0, 0.05) is 24.8 Å². The molecular weight excluding hydrogens is 216 g/mol. The molecule has 0 spiro atoms. The average molecular weight is 238 g/mol. The van der Waals surface area contributed by atoms with E-state index in [0.717, 1.165) is 23.9 Å². The van der Waals surface area contributed by atoms with Crippen molar-refractivity contribution in [3.8, 4) is 0 Å². The van der Waals surface area contributed by atoms with Gasteiger partial charge in [-0.15, -0.1) is 0 Å². The molecule has 0 amide bonds. The Morgan fingerprint density at radius 1 is 1.47 bits per heavy atom. The van der Waals surface area contributed by atoms with Crippen molar-refractivity contribution in [3.63, 3.8) is 0 Å². The van der Waals surface area contributed by atoms with E-state index in [1.807, 2.05) is 31.9 Å². The number of nitrogens with one attached hydrogen (secondary N) is 1. The second-order valence-corrected chi connectivity index (χ2v) is 4.39. The van der Waals surface area contributed by atoms with Gasteiger partial charge in [-0.1, -0.05) is 0 Å². The first-order chi connectivity index (χ1) is 8.01. The number of aryl methyl sites for hydroxylation is 1. The van der Waals surface area contributed by atoms with E-state index in [2.05, 4.69) is 15.3 Å². The summed E-state index contributed by atoms with van der Waals surface area (Å²) in [5, 5.41) is 12.5. The SMILES string of the molecule is CCNc1cc(C)nc(CN(C)CC(C)O)n1. The highest BCUT2D eigenvalue weighted by Gasteiger charge is 2.07. The second kappa shape index (κ2) is 6.51. The van der Waals surface area contributed by atoms with E-state index < -0.39 is 0 Å². The molecule has 0 aliphatic rings. The monoisotopic (exact) mass is 238 g/mol. The molecule has 5 heteroatoms. The fraction of sp³-hybridized carbons (Fsp3) is 0.667. The van der Waals surface area contributed by atoms with Gasteiger partial charge in [-0.2, -0.15) is 0 Å². The molecule has 0 radical (unpaired) electrons. The number of nitrogens with zero attached hydrogens (tertiary/aromatic N) is 3. The number of aliphatic hydroxyl groups is 1. The number of hydrogen-bond donors (Lipinski definition) is 2.